The van der Waals surface area contributed by atoms with Crippen molar-refractivity contribution in [3.8, 4) is 0 Å². The van der Waals surface area contributed by atoms with E-state index in [4.69, 9.17) is 5.11 Å². The first kappa shape index (κ1) is 14.9. The molecule has 4 nitrogen and oxygen atoms in total. The third-order valence-electron chi connectivity index (χ3n) is 2.14. The average molecular weight is 265 g/mol. The summed E-state index contributed by atoms with van der Waals surface area (Å²) < 4.78 is 13.8. The van der Waals surface area contributed by atoms with Crippen LogP contribution in [0.3, 0.4) is 0 Å². The summed E-state index contributed by atoms with van der Waals surface area (Å²) in [5, 5.41) is 11.1. The van der Waals surface area contributed by atoms with Gasteiger partial charge in [0.1, 0.15) is 5.82 Å². The number of carbonyl (C=O) groups excluding carboxylic acids is 1. The fourth-order valence-corrected chi connectivity index (χ4v) is 1.39. The predicted molar refractivity (Wildman–Crippen MR) is 70.3 cm³/mol. The number of rotatable bonds is 3. The van der Waals surface area contributed by atoms with Crippen molar-refractivity contribution < 1.29 is 19.1 Å². The van der Waals surface area contributed by atoms with E-state index in [9.17, 15) is 14.0 Å². The molecule has 0 aliphatic rings. The number of carbonyl (C=O) groups is 2. The van der Waals surface area contributed by atoms with Crippen LogP contribution in [0, 0.1) is 5.82 Å². The highest BCUT2D eigenvalue weighted by atomic mass is 19.1. The van der Waals surface area contributed by atoms with Gasteiger partial charge < -0.3 is 10.4 Å². The maximum Gasteiger partial charge on any atom is 0.328 e. The highest BCUT2D eigenvalue weighted by molar-refractivity contribution is 5.95. The molecule has 0 heterocycles. The molecule has 0 fully saturated rings. The molecule has 1 aromatic carbocycles. The van der Waals surface area contributed by atoms with E-state index in [-0.39, 0.29) is 5.56 Å². The van der Waals surface area contributed by atoms with Gasteiger partial charge in [0.25, 0.3) is 5.91 Å². The Morgan fingerprint density at radius 3 is 2.42 bits per heavy atom. The summed E-state index contributed by atoms with van der Waals surface area (Å²) in [5.74, 6) is -2.30. The molecule has 5 heteroatoms. The summed E-state index contributed by atoms with van der Waals surface area (Å²) in [6.45, 7) is 5.40. The van der Waals surface area contributed by atoms with Crippen LogP contribution in [0.5, 0.6) is 0 Å². The number of hydrogen-bond donors (Lipinski definition) is 2. The zero-order chi connectivity index (χ0) is 14.6. The van der Waals surface area contributed by atoms with Gasteiger partial charge in [-0.3, -0.25) is 4.79 Å². The first-order valence-corrected chi connectivity index (χ1v) is 5.72. The van der Waals surface area contributed by atoms with E-state index < -0.39 is 23.2 Å². The van der Waals surface area contributed by atoms with Crippen molar-refractivity contribution in [2.24, 2.45) is 0 Å². The van der Waals surface area contributed by atoms with Crippen LogP contribution in [-0.4, -0.2) is 22.5 Å². The second-order valence-electron chi connectivity index (χ2n) is 5.11. The van der Waals surface area contributed by atoms with Gasteiger partial charge in [-0.05, 0) is 44.5 Å². The van der Waals surface area contributed by atoms with Gasteiger partial charge in [0, 0.05) is 11.6 Å². The third kappa shape index (κ3) is 4.91. The van der Waals surface area contributed by atoms with Gasteiger partial charge in [-0.1, -0.05) is 6.07 Å². The SMILES string of the molecule is CC(C)(C)NC(=O)c1ccc(/C=C/C(=O)O)cc1F. The molecule has 0 spiro atoms. The molecular weight excluding hydrogens is 249 g/mol. The van der Waals surface area contributed by atoms with Gasteiger partial charge in [-0.15, -0.1) is 0 Å². The minimum absolute atomic E-state index is 0.0672. The minimum Gasteiger partial charge on any atom is -0.478 e. The van der Waals surface area contributed by atoms with E-state index in [1.165, 1.54) is 18.2 Å². The Morgan fingerprint density at radius 2 is 1.95 bits per heavy atom. The maximum atomic E-state index is 13.8. The minimum atomic E-state index is -1.12. The van der Waals surface area contributed by atoms with Crippen molar-refractivity contribution in [2.75, 3.05) is 0 Å². The molecule has 0 saturated heterocycles. The van der Waals surface area contributed by atoms with Gasteiger partial charge >= 0.3 is 5.97 Å². The number of amides is 1. The Morgan fingerprint density at radius 1 is 1.32 bits per heavy atom. The second-order valence-corrected chi connectivity index (χ2v) is 5.11. The van der Waals surface area contributed by atoms with E-state index >= 15 is 0 Å². The molecule has 1 amide bonds. The van der Waals surface area contributed by atoms with E-state index in [1.807, 2.05) is 0 Å². The fraction of sp³-hybridized carbons (Fsp3) is 0.286. The predicted octanol–water partition coefficient (Wildman–Crippen LogP) is 2.45. The van der Waals surface area contributed by atoms with Crippen molar-refractivity contribution in [2.45, 2.75) is 26.3 Å². The van der Waals surface area contributed by atoms with E-state index in [0.29, 0.717) is 5.56 Å². The van der Waals surface area contributed by atoms with E-state index in [1.54, 1.807) is 20.8 Å². The highest BCUT2D eigenvalue weighted by Crippen LogP contribution is 2.13. The number of nitrogens with one attached hydrogen (secondary N) is 1. The summed E-state index contributed by atoms with van der Waals surface area (Å²) in [5.41, 5.74) is -0.139. The topological polar surface area (TPSA) is 66.4 Å². The van der Waals surface area contributed by atoms with Gasteiger partial charge in [0.15, 0.2) is 0 Å². The number of carboxylic acids is 1. The van der Waals surface area contributed by atoms with Crippen LogP contribution >= 0.6 is 0 Å². The van der Waals surface area contributed by atoms with Gasteiger partial charge in [0.2, 0.25) is 0 Å². The molecular formula is C14H16FNO3. The van der Waals surface area contributed by atoms with E-state index in [2.05, 4.69) is 5.32 Å². The van der Waals surface area contributed by atoms with Crippen LogP contribution in [0.1, 0.15) is 36.7 Å². The van der Waals surface area contributed by atoms with Gasteiger partial charge in [0.05, 0.1) is 5.56 Å². The van der Waals surface area contributed by atoms with Crippen LogP contribution in [0.15, 0.2) is 24.3 Å². The molecule has 0 saturated carbocycles. The number of benzene rings is 1. The summed E-state index contributed by atoms with van der Waals surface area (Å²) in [4.78, 5) is 22.1. The molecule has 0 aliphatic carbocycles. The standard InChI is InChI=1S/C14H16FNO3/c1-14(2,3)16-13(19)10-6-4-9(8-11(10)15)5-7-12(17)18/h4-8H,1-3H3,(H,16,19)(H,17,18)/b7-5+. The Labute approximate surface area is 110 Å². The average Bonchev–Trinajstić information content (AvgIpc) is 2.23. The van der Waals surface area contributed by atoms with Gasteiger partial charge in [-0.25, -0.2) is 9.18 Å². The maximum absolute atomic E-state index is 13.8. The van der Waals surface area contributed by atoms with Crippen molar-refractivity contribution in [3.63, 3.8) is 0 Å². The van der Waals surface area contributed by atoms with Crippen molar-refractivity contribution in [1.29, 1.82) is 0 Å². The highest BCUT2D eigenvalue weighted by Gasteiger charge is 2.18. The first-order valence-electron chi connectivity index (χ1n) is 5.72. The summed E-state index contributed by atoms with van der Waals surface area (Å²) >= 11 is 0. The summed E-state index contributed by atoms with van der Waals surface area (Å²) in [6, 6.07) is 3.94. The molecule has 0 aliphatic heterocycles. The van der Waals surface area contributed by atoms with Crippen molar-refractivity contribution in [1.82, 2.24) is 5.32 Å². The molecule has 0 aromatic heterocycles. The Balaban J connectivity index is 2.95. The Bertz CT molecular complexity index is 530. The Kier molecular flexibility index (Phi) is 4.43. The lowest BCUT2D eigenvalue weighted by Gasteiger charge is -2.20. The normalized spacial score (nSPS) is 11.6. The zero-order valence-electron chi connectivity index (χ0n) is 11.0. The van der Waals surface area contributed by atoms with Crippen LogP contribution in [0.4, 0.5) is 4.39 Å². The van der Waals surface area contributed by atoms with Crippen LogP contribution in [0.2, 0.25) is 0 Å². The first-order chi connectivity index (χ1) is 8.69. The summed E-state index contributed by atoms with van der Waals surface area (Å²) in [6.07, 6.45) is 2.17. The van der Waals surface area contributed by atoms with Gasteiger partial charge in [-0.2, -0.15) is 0 Å². The molecule has 0 bridgehead atoms. The zero-order valence-corrected chi connectivity index (χ0v) is 11.0. The fourth-order valence-electron chi connectivity index (χ4n) is 1.39. The smallest absolute Gasteiger partial charge is 0.328 e. The molecule has 102 valence electrons. The van der Waals surface area contributed by atoms with Crippen LogP contribution < -0.4 is 5.32 Å². The number of carboxylic acid groups (broad SMARTS) is 1. The molecule has 19 heavy (non-hydrogen) atoms. The molecule has 0 atom stereocenters. The molecule has 1 rings (SSSR count). The van der Waals surface area contributed by atoms with Crippen molar-refractivity contribution in [3.05, 3.63) is 41.2 Å². The van der Waals surface area contributed by atoms with Crippen LogP contribution in [-0.2, 0) is 4.79 Å². The second kappa shape index (κ2) is 5.65. The number of hydrogen-bond acceptors (Lipinski definition) is 2. The Hall–Kier alpha value is -2.17. The van der Waals surface area contributed by atoms with Crippen LogP contribution in [0.25, 0.3) is 6.08 Å². The number of aliphatic carboxylic acids is 1. The number of halogens is 1. The lowest BCUT2D eigenvalue weighted by Crippen LogP contribution is -2.40. The lowest BCUT2D eigenvalue weighted by molar-refractivity contribution is -0.131. The molecule has 2 N–H and O–H groups in total. The van der Waals surface area contributed by atoms with Crippen molar-refractivity contribution >= 4 is 18.0 Å². The molecule has 0 unspecified atom stereocenters. The van der Waals surface area contributed by atoms with E-state index in [0.717, 1.165) is 12.1 Å². The third-order valence-corrected chi connectivity index (χ3v) is 2.14. The summed E-state index contributed by atoms with van der Waals surface area (Å²) in [7, 11) is 0. The quantitative estimate of drug-likeness (QED) is 0.825. The molecule has 0 radical (unpaired) electrons. The molecule has 1 aromatic rings. The lowest BCUT2D eigenvalue weighted by atomic mass is 10.1. The monoisotopic (exact) mass is 265 g/mol. The largest absolute Gasteiger partial charge is 0.478 e.